The number of benzene rings is 1. The smallest absolute Gasteiger partial charge is 0.228 e. The van der Waals surface area contributed by atoms with Gasteiger partial charge in [0, 0.05) is 18.2 Å². The summed E-state index contributed by atoms with van der Waals surface area (Å²) in [6.45, 7) is 1.93. The summed E-state index contributed by atoms with van der Waals surface area (Å²) in [4.78, 5) is 12.5. The fourth-order valence-corrected chi connectivity index (χ4v) is 4.25. The van der Waals surface area contributed by atoms with Crippen LogP contribution in [-0.2, 0) is 17.8 Å². The first-order chi connectivity index (χ1) is 9.84. The van der Waals surface area contributed by atoms with Crippen molar-refractivity contribution in [2.75, 3.05) is 11.9 Å². The van der Waals surface area contributed by atoms with Crippen LogP contribution in [0.4, 0.5) is 5.69 Å². The van der Waals surface area contributed by atoms with Crippen molar-refractivity contribution in [3.63, 3.8) is 0 Å². The lowest BCUT2D eigenvalue weighted by atomic mass is 9.99. The van der Waals surface area contributed by atoms with E-state index in [1.807, 2.05) is 0 Å². The minimum absolute atomic E-state index is 0.272. The summed E-state index contributed by atoms with van der Waals surface area (Å²) in [7, 11) is 0. The van der Waals surface area contributed by atoms with Crippen molar-refractivity contribution in [1.82, 2.24) is 5.32 Å². The van der Waals surface area contributed by atoms with Gasteiger partial charge in [-0.1, -0.05) is 25.0 Å². The number of carbonyl (C=O) groups is 1. The maximum absolute atomic E-state index is 12.5. The lowest BCUT2D eigenvalue weighted by molar-refractivity contribution is -0.117. The van der Waals surface area contributed by atoms with Crippen molar-refractivity contribution in [2.45, 2.75) is 38.6 Å². The number of fused-ring (bicyclic) bond motifs is 2. The molecule has 1 aliphatic heterocycles. The van der Waals surface area contributed by atoms with E-state index in [9.17, 15) is 4.79 Å². The molecule has 1 aromatic carbocycles. The van der Waals surface area contributed by atoms with Crippen molar-refractivity contribution in [3.8, 4) is 0 Å². The molecule has 3 heteroatoms. The summed E-state index contributed by atoms with van der Waals surface area (Å²) in [5, 5.41) is 6.61. The third-order valence-electron chi connectivity index (χ3n) is 5.36. The molecule has 20 heavy (non-hydrogen) atoms. The molecule has 1 amide bonds. The normalized spacial score (nSPS) is 31.1. The van der Waals surface area contributed by atoms with Crippen molar-refractivity contribution < 1.29 is 4.79 Å². The number of anilines is 1. The van der Waals surface area contributed by atoms with Crippen LogP contribution in [0.5, 0.6) is 0 Å². The van der Waals surface area contributed by atoms with E-state index in [1.54, 1.807) is 0 Å². The molecule has 2 aliphatic carbocycles. The lowest BCUT2D eigenvalue weighted by Gasteiger charge is -2.20. The van der Waals surface area contributed by atoms with Crippen molar-refractivity contribution in [3.05, 3.63) is 29.3 Å². The van der Waals surface area contributed by atoms with Gasteiger partial charge in [-0.3, -0.25) is 4.79 Å². The fraction of sp³-hybridized carbons (Fsp3) is 0.588. The zero-order valence-electron chi connectivity index (χ0n) is 11.8. The predicted molar refractivity (Wildman–Crippen MR) is 79.4 cm³/mol. The Balaban J connectivity index is 1.50. The van der Waals surface area contributed by atoms with Gasteiger partial charge < -0.3 is 10.6 Å². The molecule has 0 radical (unpaired) electrons. The number of amides is 1. The molecule has 0 aromatic heterocycles. The van der Waals surface area contributed by atoms with Gasteiger partial charge in [-0.15, -0.1) is 0 Å². The molecular weight excluding hydrogens is 248 g/mol. The minimum atomic E-state index is 0.272. The molecule has 2 saturated carbocycles. The second-order valence-corrected chi connectivity index (χ2v) is 6.50. The van der Waals surface area contributed by atoms with E-state index in [0.29, 0.717) is 17.8 Å². The number of carbonyl (C=O) groups excluding carboxylic acids is 1. The minimum Gasteiger partial charge on any atom is -0.326 e. The van der Waals surface area contributed by atoms with Crippen LogP contribution >= 0.6 is 0 Å². The van der Waals surface area contributed by atoms with Crippen LogP contribution in [0, 0.1) is 17.8 Å². The summed E-state index contributed by atoms with van der Waals surface area (Å²) in [6.07, 6.45) is 6.18. The Morgan fingerprint density at radius 2 is 2.00 bits per heavy atom. The highest BCUT2D eigenvalue weighted by Crippen LogP contribution is 2.55. The highest BCUT2D eigenvalue weighted by Gasteiger charge is 2.54. The number of nitrogens with one attached hydrogen (secondary N) is 2. The maximum atomic E-state index is 12.5. The molecule has 4 rings (SSSR count). The highest BCUT2D eigenvalue weighted by molar-refractivity contribution is 5.95. The molecule has 2 N–H and O–H groups in total. The molecule has 0 saturated heterocycles. The monoisotopic (exact) mass is 270 g/mol. The summed E-state index contributed by atoms with van der Waals surface area (Å²) >= 11 is 0. The molecule has 3 nitrogen and oxygen atoms in total. The van der Waals surface area contributed by atoms with Crippen LogP contribution in [0.1, 0.15) is 36.8 Å². The van der Waals surface area contributed by atoms with Gasteiger partial charge in [0.25, 0.3) is 0 Å². The molecular formula is C17H22N2O. The first-order valence-electron chi connectivity index (χ1n) is 7.97. The first kappa shape index (κ1) is 12.4. The van der Waals surface area contributed by atoms with Gasteiger partial charge in [0.1, 0.15) is 0 Å². The Morgan fingerprint density at radius 3 is 2.80 bits per heavy atom. The lowest BCUT2D eigenvalue weighted by Crippen LogP contribution is -2.25. The van der Waals surface area contributed by atoms with Crippen LogP contribution in [0.2, 0.25) is 0 Å². The molecule has 106 valence electrons. The van der Waals surface area contributed by atoms with E-state index < -0.39 is 0 Å². The van der Waals surface area contributed by atoms with Crippen LogP contribution < -0.4 is 10.6 Å². The fourth-order valence-electron chi connectivity index (χ4n) is 4.25. The number of hydrogen-bond acceptors (Lipinski definition) is 2. The number of hydrogen-bond donors (Lipinski definition) is 2. The van der Waals surface area contributed by atoms with Crippen LogP contribution in [0.25, 0.3) is 0 Å². The zero-order valence-corrected chi connectivity index (χ0v) is 11.8. The molecule has 1 aromatic rings. The zero-order chi connectivity index (χ0) is 13.5. The average molecular weight is 270 g/mol. The standard InChI is InChI=1S/C17H22N2O/c20-17(16-13-5-1-2-6-14(13)16)19-15-7-3-4-11-10-18-9-8-12(11)15/h3-4,7,13-14,16,18H,1-2,5-6,8-10H2,(H,19,20). The van der Waals surface area contributed by atoms with Gasteiger partial charge in [0.05, 0.1) is 0 Å². The van der Waals surface area contributed by atoms with Crippen molar-refractivity contribution in [1.29, 1.82) is 0 Å². The van der Waals surface area contributed by atoms with E-state index in [1.165, 1.54) is 36.8 Å². The quantitative estimate of drug-likeness (QED) is 0.867. The summed E-state index contributed by atoms with van der Waals surface area (Å²) < 4.78 is 0. The highest BCUT2D eigenvalue weighted by atomic mass is 16.2. The van der Waals surface area contributed by atoms with E-state index in [4.69, 9.17) is 0 Å². The molecule has 1 heterocycles. The van der Waals surface area contributed by atoms with E-state index in [2.05, 4.69) is 28.8 Å². The summed E-state index contributed by atoms with van der Waals surface area (Å²) in [5.74, 6) is 1.94. The molecule has 0 bridgehead atoms. The van der Waals surface area contributed by atoms with Gasteiger partial charge >= 0.3 is 0 Å². The molecule has 2 unspecified atom stereocenters. The van der Waals surface area contributed by atoms with E-state index >= 15 is 0 Å². The Labute approximate surface area is 120 Å². The molecule has 3 aliphatic rings. The average Bonchev–Trinajstić information content (AvgIpc) is 3.22. The third kappa shape index (κ3) is 2.05. The van der Waals surface area contributed by atoms with Crippen molar-refractivity contribution in [2.24, 2.45) is 17.8 Å². The second-order valence-electron chi connectivity index (χ2n) is 6.50. The summed E-state index contributed by atoms with van der Waals surface area (Å²) in [5.41, 5.74) is 3.73. The Morgan fingerprint density at radius 1 is 1.20 bits per heavy atom. The van der Waals surface area contributed by atoms with Gasteiger partial charge in [-0.2, -0.15) is 0 Å². The van der Waals surface area contributed by atoms with Crippen LogP contribution in [-0.4, -0.2) is 12.5 Å². The maximum Gasteiger partial charge on any atom is 0.228 e. The molecule has 2 fully saturated rings. The Hall–Kier alpha value is -1.35. The second kappa shape index (κ2) is 4.88. The van der Waals surface area contributed by atoms with E-state index in [-0.39, 0.29) is 5.91 Å². The first-order valence-corrected chi connectivity index (χ1v) is 7.97. The largest absolute Gasteiger partial charge is 0.326 e. The summed E-state index contributed by atoms with van der Waals surface area (Å²) in [6, 6.07) is 6.28. The van der Waals surface area contributed by atoms with Gasteiger partial charge in [0.15, 0.2) is 0 Å². The molecule has 2 atom stereocenters. The SMILES string of the molecule is O=C(Nc1cccc2c1CCNC2)C1C2CCCCC21. The Kier molecular flexibility index (Phi) is 3.03. The van der Waals surface area contributed by atoms with Crippen molar-refractivity contribution >= 4 is 11.6 Å². The Bertz CT molecular complexity index is 528. The molecule has 0 spiro atoms. The topological polar surface area (TPSA) is 41.1 Å². The number of rotatable bonds is 2. The van der Waals surface area contributed by atoms with E-state index in [0.717, 1.165) is 25.2 Å². The third-order valence-corrected chi connectivity index (χ3v) is 5.36. The van der Waals surface area contributed by atoms with Crippen LogP contribution in [0.15, 0.2) is 18.2 Å². The van der Waals surface area contributed by atoms with Crippen LogP contribution in [0.3, 0.4) is 0 Å². The van der Waals surface area contributed by atoms with Gasteiger partial charge in [-0.25, -0.2) is 0 Å². The van der Waals surface area contributed by atoms with Gasteiger partial charge in [-0.05, 0) is 54.8 Å². The van der Waals surface area contributed by atoms with Gasteiger partial charge in [0.2, 0.25) is 5.91 Å². The predicted octanol–water partition coefficient (Wildman–Crippen LogP) is 2.71.